The summed E-state index contributed by atoms with van der Waals surface area (Å²) in [5.41, 5.74) is 1.41. The topological polar surface area (TPSA) is 52.2 Å². The third-order valence-electron chi connectivity index (χ3n) is 1.63. The maximum absolute atomic E-state index is 9.26. The van der Waals surface area contributed by atoms with E-state index in [0.717, 1.165) is 0 Å². The van der Waals surface area contributed by atoms with Crippen molar-refractivity contribution in [2.24, 2.45) is 0 Å². The molecule has 0 aliphatic rings. The van der Waals surface area contributed by atoms with Crippen LogP contribution in [0.4, 0.5) is 0 Å². The number of benzene rings is 1. The minimum absolute atomic E-state index is 0.659. The minimum Gasteiger partial charge on any atom is -0.760 e. The lowest BCUT2D eigenvalue weighted by Gasteiger charge is -2.01. The first-order valence-electron chi connectivity index (χ1n) is 4.39. The first kappa shape index (κ1) is 13.3. The lowest BCUT2D eigenvalue weighted by molar-refractivity contribution is 0.529. The Labute approximate surface area is 88.0 Å². The molecule has 0 heterocycles. The maximum Gasteiger partial charge on any atom is 0.0178 e. The third kappa shape index (κ3) is 6.77. The standard InChI is InChI=1S/C9H12.CH5NO2S/c1-8(2)9-6-4-3-5-7-9;1-2-5(3)4/h3-8H,1-2H3;2H,1H3,(H,3,4)/p-1. The smallest absolute Gasteiger partial charge is 0.0178 e. The molecule has 0 radical (unpaired) electrons. The molecule has 0 fully saturated rings. The highest BCUT2D eigenvalue weighted by Crippen LogP contribution is 2.11. The van der Waals surface area contributed by atoms with Crippen LogP contribution in [-0.4, -0.2) is 15.8 Å². The van der Waals surface area contributed by atoms with Crippen LogP contribution < -0.4 is 4.72 Å². The Morgan fingerprint density at radius 2 is 1.71 bits per heavy atom. The second-order valence-electron chi connectivity index (χ2n) is 3.00. The molecular formula is C10H16NO2S-. The zero-order valence-electron chi connectivity index (χ0n) is 8.69. The molecule has 4 heteroatoms. The van der Waals surface area contributed by atoms with Crippen LogP contribution in [0.5, 0.6) is 0 Å². The molecule has 0 aliphatic carbocycles. The predicted octanol–water partition coefficient (Wildman–Crippen LogP) is 1.81. The zero-order chi connectivity index (χ0) is 11.0. The first-order valence-corrected chi connectivity index (χ1v) is 5.47. The molecule has 80 valence electrons. The van der Waals surface area contributed by atoms with Crippen molar-refractivity contribution in [1.82, 2.24) is 4.72 Å². The molecule has 1 N–H and O–H groups in total. The summed E-state index contributed by atoms with van der Waals surface area (Å²) in [6.07, 6.45) is 0. The summed E-state index contributed by atoms with van der Waals surface area (Å²) in [5.74, 6) is 0.659. The van der Waals surface area contributed by atoms with Gasteiger partial charge in [0, 0.05) is 11.3 Å². The molecule has 14 heavy (non-hydrogen) atoms. The Hall–Kier alpha value is -0.710. The predicted molar refractivity (Wildman–Crippen MR) is 58.5 cm³/mol. The second-order valence-corrected chi connectivity index (χ2v) is 3.88. The van der Waals surface area contributed by atoms with Gasteiger partial charge in [0.2, 0.25) is 0 Å². The molecule has 0 amide bonds. The monoisotopic (exact) mass is 214 g/mol. The van der Waals surface area contributed by atoms with E-state index in [4.69, 9.17) is 0 Å². The van der Waals surface area contributed by atoms with Crippen molar-refractivity contribution in [2.75, 3.05) is 7.05 Å². The van der Waals surface area contributed by atoms with Gasteiger partial charge in [-0.15, -0.1) is 0 Å². The van der Waals surface area contributed by atoms with Gasteiger partial charge >= 0.3 is 0 Å². The molecule has 3 nitrogen and oxygen atoms in total. The van der Waals surface area contributed by atoms with Crippen LogP contribution in [0.25, 0.3) is 0 Å². The molecule has 1 aromatic rings. The van der Waals surface area contributed by atoms with E-state index in [0.29, 0.717) is 5.92 Å². The highest BCUT2D eigenvalue weighted by atomic mass is 32.2. The Balaban J connectivity index is 0.000000292. The Morgan fingerprint density at radius 3 is 1.93 bits per heavy atom. The highest BCUT2D eigenvalue weighted by Gasteiger charge is 1.93. The normalized spacial score (nSPS) is 11.8. The first-order chi connectivity index (χ1) is 6.57. The molecule has 1 atom stereocenters. The van der Waals surface area contributed by atoms with Crippen molar-refractivity contribution in [3.8, 4) is 0 Å². The van der Waals surface area contributed by atoms with Crippen LogP contribution in [0.3, 0.4) is 0 Å². The van der Waals surface area contributed by atoms with E-state index in [-0.39, 0.29) is 0 Å². The van der Waals surface area contributed by atoms with Gasteiger partial charge in [-0.25, -0.2) is 0 Å². The highest BCUT2D eigenvalue weighted by molar-refractivity contribution is 7.77. The van der Waals surface area contributed by atoms with E-state index in [1.807, 2.05) is 10.8 Å². The van der Waals surface area contributed by atoms with Gasteiger partial charge in [0.15, 0.2) is 0 Å². The number of rotatable bonds is 2. The minimum atomic E-state index is -2.07. The van der Waals surface area contributed by atoms with Crippen molar-refractivity contribution in [1.29, 1.82) is 0 Å². The van der Waals surface area contributed by atoms with Crippen molar-refractivity contribution < 1.29 is 8.76 Å². The van der Waals surface area contributed by atoms with Gasteiger partial charge in [0.1, 0.15) is 0 Å². The summed E-state index contributed by atoms with van der Waals surface area (Å²) in [4.78, 5) is 0. The van der Waals surface area contributed by atoms with Crippen LogP contribution >= 0.6 is 0 Å². The summed E-state index contributed by atoms with van der Waals surface area (Å²) in [6.45, 7) is 4.41. The van der Waals surface area contributed by atoms with Crippen LogP contribution in [0, 0.1) is 0 Å². The SMILES string of the molecule is CC(C)c1ccccc1.CNS(=O)[O-]. The van der Waals surface area contributed by atoms with Crippen molar-refractivity contribution in [2.45, 2.75) is 19.8 Å². The average Bonchev–Trinajstić information content (AvgIpc) is 2.20. The van der Waals surface area contributed by atoms with Gasteiger partial charge in [-0.05, 0) is 18.5 Å². The summed E-state index contributed by atoms with van der Waals surface area (Å²) < 4.78 is 20.5. The molecule has 0 bridgehead atoms. The third-order valence-corrected chi connectivity index (χ3v) is 1.97. The molecule has 0 saturated heterocycles. The molecule has 0 aromatic heterocycles. The average molecular weight is 214 g/mol. The van der Waals surface area contributed by atoms with Crippen molar-refractivity contribution in [3.63, 3.8) is 0 Å². The number of hydrogen-bond acceptors (Lipinski definition) is 2. The lowest BCUT2D eigenvalue weighted by atomic mass is 10.0. The molecule has 1 unspecified atom stereocenters. The fraction of sp³-hybridized carbons (Fsp3) is 0.400. The summed E-state index contributed by atoms with van der Waals surface area (Å²) in [7, 11) is 1.34. The van der Waals surface area contributed by atoms with Crippen LogP contribution in [0.2, 0.25) is 0 Å². The fourth-order valence-electron chi connectivity index (χ4n) is 0.838. The van der Waals surface area contributed by atoms with E-state index in [1.54, 1.807) is 0 Å². The molecule has 0 aliphatic heterocycles. The largest absolute Gasteiger partial charge is 0.760 e. The van der Waals surface area contributed by atoms with Gasteiger partial charge in [-0.2, -0.15) is 0 Å². The van der Waals surface area contributed by atoms with Crippen LogP contribution in [0.1, 0.15) is 25.3 Å². The summed E-state index contributed by atoms with van der Waals surface area (Å²) >= 11 is -2.07. The molecule has 1 aromatic carbocycles. The van der Waals surface area contributed by atoms with Crippen molar-refractivity contribution in [3.05, 3.63) is 35.9 Å². The van der Waals surface area contributed by atoms with Gasteiger partial charge in [-0.3, -0.25) is 8.93 Å². The maximum atomic E-state index is 9.26. The fourth-order valence-corrected chi connectivity index (χ4v) is 0.838. The molecule has 0 saturated carbocycles. The van der Waals surface area contributed by atoms with Crippen molar-refractivity contribution >= 4 is 11.3 Å². The Kier molecular flexibility index (Phi) is 7.28. The summed E-state index contributed by atoms with van der Waals surface area (Å²) in [6, 6.07) is 10.5. The Morgan fingerprint density at radius 1 is 1.29 bits per heavy atom. The van der Waals surface area contributed by atoms with Crippen LogP contribution in [-0.2, 0) is 11.3 Å². The molecular weight excluding hydrogens is 198 g/mol. The molecule has 0 spiro atoms. The van der Waals surface area contributed by atoms with E-state index in [1.165, 1.54) is 12.6 Å². The number of nitrogens with one attached hydrogen (secondary N) is 1. The van der Waals surface area contributed by atoms with Gasteiger partial charge in [0.25, 0.3) is 0 Å². The number of hydrogen-bond donors (Lipinski definition) is 1. The van der Waals surface area contributed by atoms with Gasteiger partial charge in [-0.1, -0.05) is 44.2 Å². The summed E-state index contributed by atoms with van der Waals surface area (Å²) in [5, 5.41) is 0. The van der Waals surface area contributed by atoms with E-state index in [2.05, 4.69) is 38.1 Å². The van der Waals surface area contributed by atoms with Crippen LogP contribution in [0.15, 0.2) is 30.3 Å². The zero-order valence-corrected chi connectivity index (χ0v) is 9.51. The lowest BCUT2D eigenvalue weighted by Crippen LogP contribution is -2.07. The van der Waals surface area contributed by atoms with E-state index < -0.39 is 11.3 Å². The van der Waals surface area contributed by atoms with Gasteiger partial charge < -0.3 is 4.55 Å². The van der Waals surface area contributed by atoms with E-state index >= 15 is 0 Å². The second kappa shape index (κ2) is 7.67. The molecule has 1 rings (SSSR count). The quantitative estimate of drug-likeness (QED) is 0.763. The van der Waals surface area contributed by atoms with E-state index in [9.17, 15) is 8.76 Å². The Bertz CT molecular complexity index is 262. The van der Waals surface area contributed by atoms with Gasteiger partial charge in [0.05, 0.1) is 0 Å².